The second kappa shape index (κ2) is 7.81. The van der Waals surface area contributed by atoms with E-state index in [1.807, 2.05) is 0 Å². The predicted molar refractivity (Wildman–Crippen MR) is 92.3 cm³/mol. The summed E-state index contributed by atoms with van der Waals surface area (Å²) in [4.78, 5) is 0. The van der Waals surface area contributed by atoms with Gasteiger partial charge in [0.25, 0.3) is 0 Å². The molecule has 1 aromatic carbocycles. The van der Waals surface area contributed by atoms with Crippen molar-refractivity contribution in [1.82, 2.24) is 0 Å². The van der Waals surface area contributed by atoms with E-state index in [9.17, 15) is 8.78 Å². The van der Waals surface area contributed by atoms with Crippen molar-refractivity contribution in [3.63, 3.8) is 0 Å². The van der Waals surface area contributed by atoms with Crippen LogP contribution in [-0.2, 0) is 6.42 Å². The molecule has 0 aromatic heterocycles. The van der Waals surface area contributed by atoms with Crippen molar-refractivity contribution < 1.29 is 8.78 Å². The lowest BCUT2D eigenvalue weighted by atomic mass is 9.80. The van der Waals surface area contributed by atoms with Gasteiger partial charge in [0, 0.05) is 10.3 Å². The van der Waals surface area contributed by atoms with E-state index < -0.39 is 11.6 Å². The van der Waals surface area contributed by atoms with Gasteiger partial charge in [0.05, 0.1) is 0 Å². The zero-order valence-corrected chi connectivity index (χ0v) is 14.8. The number of hydrogen-bond donors (Lipinski definition) is 0. The van der Waals surface area contributed by atoms with Crippen LogP contribution in [0.25, 0.3) is 0 Å². The first-order valence-corrected chi connectivity index (χ1v) is 9.40. The van der Waals surface area contributed by atoms with Crippen LogP contribution in [0.2, 0.25) is 0 Å². The Balaban J connectivity index is 1.74. The number of benzene rings is 1. The number of hydrogen-bond acceptors (Lipinski definition) is 1. The van der Waals surface area contributed by atoms with Crippen LogP contribution in [-0.4, -0.2) is 10.5 Å². The second-order valence-corrected chi connectivity index (χ2v) is 9.40. The van der Waals surface area contributed by atoms with Gasteiger partial charge < -0.3 is 0 Å². The number of thioether (sulfide) groups is 1. The summed E-state index contributed by atoms with van der Waals surface area (Å²) >= 11 is 2.06. The van der Waals surface area contributed by atoms with E-state index in [1.165, 1.54) is 49.6 Å². The van der Waals surface area contributed by atoms with Crippen molar-refractivity contribution in [2.24, 2.45) is 11.8 Å². The van der Waals surface area contributed by atoms with Crippen LogP contribution in [0.15, 0.2) is 18.2 Å². The van der Waals surface area contributed by atoms with E-state index in [0.717, 1.165) is 12.3 Å². The molecule has 0 unspecified atom stereocenters. The van der Waals surface area contributed by atoms with Gasteiger partial charge in [-0.05, 0) is 55.4 Å². The van der Waals surface area contributed by atoms with Crippen LogP contribution in [0.1, 0.15) is 58.4 Å². The molecule has 22 heavy (non-hydrogen) atoms. The van der Waals surface area contributed by atoms with Gasteiger partial charge in [-0.15, -0.1) is 0 Å². The summed E-state index contributed by atoms with van der Waals surface area (Å²) in [6, 6.07) is 4.16. The maximum Gasteiger partial charge on any atom is 0.129 e. The first-order valence-electron chi connectivity index (χ1n) is 8.42. The summed E-state index contributed by atoms with van der Waals surface area (Å²) < 4.78 is 27.6. The van der Waals surface area contributed by atoms with Gasteiger partial charge in [-0.1, -0.05) is 39.7 Å². The van der Waals surface area contributed by atoms with E-state index in [0.29, 0.717) is 17.1 Å². The molecular weight excluding hydrogens is 298 g/mol. The van der Waals surface area contributed by atoms with E-state index in [2.05, 4.69) is 32.5 Å². The van der Waals surface area contributed by atoms with Crippen LogP contribution in [0.5, 0.6) is 0 Å². The van der Waals surface area contributed by atoms with Gasteiger partial charge >= 0.3 is 0 Å². The summed E-state index contributed by atoms with van der Waals surface area (Å²) in [6.45, 7) is 6.81. The summed E-state index contributed by atoms with van der Waals surface area (Å²) in [5, 5.41) is 0. The van der Waals surface area contributed by atoms with Gasteiger partial charge in [0.15, 0.2) is 0 Å². The molecule has 0 nitrogen and oxygen atoms in total. The molecular formula is C19H28F2S. The lowest BCUT2D eigenvalue weighted by Crippen LogP contribution is -2.19. The topological polar surface area (TPSA) is 0 Å². The molecule has 0 heterocycles. The average molecular weight is 326 g/mol. The maximum atomic E-state index is 13.6. The quantitative estimate of drug-likeness (QED) is 0.617. The van der Waals surface area contributed by atoms with Crippen molar-refractivity contribution in [2.45, 2.75) is 64.0 Å². The van der Waals surface area contributed by atoms with Crippen LogP contribution in [0.3, 0.4) is 0 Å². The third-order valence-corrected chi connectivity index (χ3v) is 6.09. The van der Waals surface area contributed by atoms with Crippen LogP contribution >= 0.6 is 11.8 Å². The molecule has 0 saturated heterocycles. The SMILES string of the molecule is CC(C)(C)SCC1CCC(CCc2c(F)cccc2F)CC1. The molecule has 124 valence electrons. The molecule has 1 saturated carbocycles. The molecule has 0 N–H and O–H groups in total. The highest BCUT2D eigenvalue weighted by atomic mass is 32.2. The third-order valence-electron chi connectivity index (χ3n) is 4.58. The van der Waals surface area contributed by atoms with Gasteiger partial charge in [0.2, 0.25) is 0 Å². The summed E-state index contributed by atoms with van der Waals surface area (Å²) in [5.74, 6) is 1.92. The number of halogens is 2. The van der Waals surface area contributed by atoms with Gasteiger partial charge in [0.1, 0.15) is 11.6 Å². The van der Waals surface area contributed by atoms with Crippen LogP contribution < -0.4 is 0 Å². The summed E-state index contributed by atoms with van der Waals surface area (Å²) in [7, 11) is 0. The smallest absolute Gasteiger partial charge is 0.129 e. The highest BCUT2D eigenvalue weighted by molar-refractivity contribution is 8.00. The molecule has 3 heteroatoms. The largest absolute Gasteiger partial charge is 0.207 e. The first-order chi connectivity index (χ1) is 10.3. The molecule has 1 aliphatic carbocycles. The molecule has 1 fully saturated rings. The monoisotopic (exact) mass is 326 g/mol. The Morgan fingerprint density at radius 2 is 1.55 bits per heavy atom. The normalized spacial score (nSPS) is 22.8. The lowest BCUT2D eigenvalue weighted by Gasteiger charge is -2.30. The Morgan fingerprint density at radius 3 is 2.09 bits per heavy atom. The Bertz CT molecular complexity index is 451. The van der Waals surface area contributed by atoms with E-state index in [-0.39, 0.29) is 5.56 Å². The molecule has 1 aliphatic rings. The average Bonchev–Trinajstić information content (AvgIpc) is 2.45. The minimum absolute atomic E-state index is 0.271. The van der Waals surface area contributed by atoms with Crippen molar-refractivity contribution in [3.8, 4) is 0 Å². The Hall–Kier alpha value is -0.570. The molecule has 0 atom stereocenters. The van der Waals surface area contributed by atoms with Gasteiger partial charge in [-0.2, -0.15) is 11.8 Å². The van der Waals surface area contributed by atoms with Gasteiger partial charge in [-0.3, -0.25) is 0 Å². The Kier molecular flexibility index (Phi) is 6.31. The molecule has 0 radical (unpaired) electrons. The first kappa shape index (κ1) is 17.8. The molecule has 0 aliphatic heterocycles. The Morgan fingerprint density at radius 1 is 1.00 bits per heavy atom. The fourth-order valence-corrected chi connectivity index (χ4v) is 4.24. The maximum absolute atomic E-state index is 13.6. The lowest BCUT2D eigenvalue weighted by molar-refractivity contribution is 0.279. The summed E-state index contributed by atoms with van der Waals surface area (Å²) in [5.41, 5.74) is 0.271. The third kappa shape index (κ3) is 5.57. The zero-order chi connectivity index (χ0) is 16.2. The van der Waals surface area contributed by atoms with Crippen molar-refractivity contribution in [2.75, 3.05) is 5.75 Å². The van der Waals surface area contributed by atoms with E-state index >= 15 is 0 Å². The molecule has 2 rings (SSSR count). The minimum Gasteiger partial charge on any atom is -0.207 e. The van der Waals surface area contributed by atoms with Crippen LogP contribution in [0, 0.1) is 23.5 Å². The second-order valence-electron chi connectivity index (χ2n) is 7.55. The van der Waals surface area contributed by atoms with Gasteiger partial charge in [-0.25, -0.2) is 8.78 Å². The van der Waals surface area contributed by atoms with Crippen molar-refractivity contribution >= 4 is 11.8 Å². The molecule has 1 aromatic rings. The predicted octanol–water partition coefficient (Wildman–Crippen LogP) is 6.24. The molecule has 0 bridgehead atoms. The zero-order valence-electron chi connectivity index (χ0n) is 14.0. The van der Waals surface area contributed by atoms with E-state index in [4.69, 9.17) is 0 Å². The van der Waals surface area contributed by atoms with Crippen molar-refractivity contribution in [1.29, 1.82) is 0 Å². The van der Waals surface area contributed by atoms with Crippen LogP contribution in [0.4, 0.5) is 8.78 Å². The highest BCUT2D eigenvalue weighted by Crippen LogP contribution is 2.36. The highest BCUT2D eigenvalue weighted by Gasteiger charge is 2.23. The Labute approximate surface area is 138 Å². The molecule has 0 spiro atoms. The van der Waals surface area contributed by atoms with E-state index in [1.54, 1.807) is 0 Å². The minimum atomic E-state index is -0.393. The molecule has 0 amide bonds. The summed E-state index contributed by atoms with van der Waals surface area (Å²) in [6.07, 6.45) is 6.42. The fourth-order valence-electron chi connectivity index (χ4n) is 3.17. The van der Waals surface area contributed by atoms with Crippen molar-refractivity contribution in [3.05, 3.63) is 35.4 Å². The fraction of sp³-hybridized carbons (Fsp3) is 0.684. The standard InChI is InChI=1S/C19H28F2S/c1-19(2,3)22-13-15-9-7-14(8-10-15)11-12-16-17(20)5-4-6-18(16)21/h4-6,14-15H,7-13H2,1-3H3. The number of rotatable bonds is 5.